The lowest BCUT2D eigenvalue weighted by Crippen LogP contribution is -2.27. The third kappa shape index (κ3) is 6.27. The van der Waals surface area contributed by atoms with Crippen LogP contribution in [0.4, 0.5) is 11.4 Å². The molecule has 1 saturated heterocycles. The van der Waals surface area contributed by atoms with Crippen molar-refractivity contribution >= 4 is 90.8 Å². The summed E-state index contributed by atoms with van der Waals surface area (Å²) in [5.74, 6) is 0.607. The van der Waals surface area contributed by atoms with Crippen LogP contribution in [0.1, 0.15) is 18.1 Å². The van der Waals surface area contributed by atoms with Gasteiger partial charge in [-0.3, -0.25) is 19.8 Å². The zero-order chi connectivity index (χ0) is 26.7. The molecule has 4 rings (SSSR count). The number of nitro benzene ring substituents is 1. The maximum absolute atomic E-state index is 13.2. The monoisotopic (exact) mass is 638 g/mol. The van der Waals surface area contributed by atoms with E-state index >= 15 is 0 Å². The Kier molecular flexibility index (Phi) is 8.76. The fourth-order valence-electron chi connectivity index (χ4n) is 3.45. The first-order valence-electron chi connectivity index (χ1n) is 10.7. The maximum atomic E-state index is 13.2. The second kappa shape index (κ2) is 11.8. The van der Waals surface area contributed by atoms with Gasteiger partial charge in [0, 0.05) is 12.1 Å². The van der Waals surface area contributed by atoms with Crippen LogP contribution >= 0.6 is 63.1 Å². The normalized spacial score (nSPS) is 14.4. The molecule has 1 amide bonds. The van der Waals surface area contributed by atoms with E-state index in [1.165, 1.54) is 23.1 Å². The number of benzene rings is 3. The highest BCUT2D eigenvalue weighted by atomic mass is 79.9. The molecule has 0 atom stereocenters. The third-order valence-corrected chi connectivity index (χ3v) is 7.72. The summed E-state index contributed by atoms with van der Waals surface area (Å²) in [6.45, 7) is 2.48. The van der Waals surface area contributed by atoms with Gasteiger partial charge in [0.2, 0.25) is 0 Å². The lowest BCUT2D eigenvalue weighted by Gasteiger charge is -2.15. The number of hydrogen-bond acceptors (Lipinski definition) is 7. The predicted molar refractivity (Wildman–Crippen MR) is 155 cm³/mol. The van der Waals surface area contributed by atoms with Crippen molar-refractivity contribution in [3.8, 4) is 11.5 Å². The second-order valence-corrected chi connectivity index (χ2v) is 10.9. The predicted octanol–water partition coefficient (Wildman–Crippen LogP) is 8.05. The summed E-state index contributed by atoms with van der Waals surface area (Å²) < 4.78 is 12.7. The zero-order valence-corrected chi connectivity index (χ0v) is 23.8. The van der Waals surface area contributed by atoms with E-state index in [4.69, 9.17) is 44.9 Å². The highest BCUT2D eigenvalue weighted by molar-refractivity contribution is 9.10. The van der Waals surface area contributed by atoms with Gasteiger partial charge >= 0.3 is 0 Å². The Morgan fingerprint density at radius 1 is 1.14 bits per heavy atom. The first kappa shape index (κ1) is 27.4. The number of halogens is 3. The number of carbonyl (C=O) groups is 1. The minimum absolute atomic E-state index is 0.128. The summed E-state index contributed by atoms with van der Waals surface area (Å²) in [5, 5.41) is 12.0. The highest BCUT2D eigenvalue weighted by Crippen LogP contribution is 2.41. The van der Waals surface area contributed by atoms with E-state index in [-0.39, 0.29) is 22.5 Å². The van der Waals surface area contributed by atoms with Gasteiger partial charge in [-0.2, -0.15) is 0 Å². The molecule has 37 heavy (non-hydrogen) atoms. The fourth-order valence-corrected chi connectivity index (χ4v) is 5.64. The summed E-state index contributed by atoms with van der Waals surface area (Å²) >= 11 is 22.1. The Balaban J connectivity index is 1.60. The number of amides is 1. The van der Waals surface area contributed by atoms with Crippen molar-refractivity contribution in [3.05, 3.63) is 95.3 Å². The van der Waals surface area contributed by atoms with Gasteiger partial charge in [0.1, 0.15) is 6.61 Å². The van der Waals surface area contributed by atoms with Crippen LogP contribution < -0.4 is 14.4 Å². The van der Waals surface area contributed by atoms with Gasteiger partial charge in [-0.25, -0.2) is 0 Å². The topological polar surface area (TPSA) is 81.9 Å². The van der Waals surface area contributed by atoms with Gasteiger partial charge in [-0.05, 0) is 70.4 Å². The molecule has 0 aliphatic carbocycles. The SMILES string of the molecule is CCOc1cc(/C=C2\SC(=S)N(c3cccc([N+](=O)[O-])c3)C2=O)cc(Br)c1OCc1ccc(Cl)c(Cl)c1. The quantitative estimate of drug-likeness (QED) is 0.107. The molecule has 0 N–H and O–H groups in total. The molecule has 1 aliphatic heterocycles. The van der Waals surface area contributed by atoms with Crippen LogP contribution in [0.3, 0.4) is 0 Å². The fraction of sp³-hybridized carbons (Fsp3) is 0.120. The van der Waals surface area contributed by atoms with E-state index in [1.54, 1.807) is 36.4 Å². The average molecular weight is 640 g/mol. The number of rotatable bonds is 8. The molecule has 0 spiro atoms. The molecule has 0 unspecified atom stereocenters. The molecular formula is C25H17BrCl2N2O5S2. The summed E-state index contributed by atoms with van der Waals surface area (Å²) in [6, 6.07) is 14.6. The van der Waals surface area contributed by atoms with Crippen LogP contribution in [0.25, 0.3) is 6.08 Å². The Bertz CT molecular complexity index is 1450. The number of thiocarbonyl (C=S) groups is 1. The Morgan fingerprint density at radius 2 is 1.92 bits per heavy atom. The number of hydrogen-bond donors (Lipinski definition) is 0. The van der Waals surface area contributed by atoms with Crippen LogP contribution in [0, 0.1) is 10.1 Å². The van der Waals surface area contributed by atoms with Crippen molar-refractivity contribution in [2.75, 3.05) is 11.5 Å². The highest BCUT2D eigenvalue weighted by Gasteiger charge is 2.34. The largest absolute Gasteiger partial charge is 0.490 e. The first-order valence-corrected chi connectivity index (χ1v) is 13.5. The maximum Gasteiger partial charge on any atom is 0.271 e. The number of nitro groups is 1. The number of thioether (sulfide) groups is 1. The molecule has 3 aromatic rings. The van der Waals surface area contributed by atoms with E-state index in [1.807, 2.05) is 13.0 Å². The van der Waals surface area contributed by atoms with Gasteiger partial charge < -0.3 is 9.47 Å². The summed E-state index contributed by atoms with van der Waals surface area (Å²) in [4.78, 5) is 25.5. The molecule has 0 aromatic heterocycles. The molecule has 190 valence electrons. The smallest absolute Gasteiger partial charge is 0.271 e. The van der Waals surface area contributed by atoms with E-state index in [0.29, 0.717) is 48.8 Å². The van der Waals surface area contributed by atoms with Crippen molar-refractivity contribution in [1.29, 1.82) is 0 Å². The molecule has 1 aliphatic rings. The molecule has 0 saturated carbocycles. The van der Waals surface area contributed by atoms with Crippen LogP contribution in [-0.4, -0.2) is 21.8 Å². The number of non-ortho nitro benzene ring substituents is 1. The zero-order valence-electron chi connectivity index (χ0n) is 19.1. The molecule has 12 heteroatoms. The molecule has 7 nitrogen and oxygen atoms in total. The van der Waals surface area contributed by atoms with Gasteiger partial charge in [-0.1, -0.05) is 59.3 Å². The van der Waals surface area contributed by atoms with E-state index in [0.717, 1.165) is 17.3 Å². The molecule has 1 heterocycles. The second-order valence-electron chi connectivity index (χ2n) is 7.59. The van der Waals surface area contributed by atoms with Crippen LogP contribution in [0.2, 0.25) is 10.0 Å². The minimum atomic E-state index is -0.519. The van der Waals surface area contributed by atoms with Gasteiger partial charge in [-0.15, -0.1) is 0 Å². The average Bonchev–Trinajstić information content (AvgIpc) is 3.13. The molecule has 0 bridgehead atoms. The number of ether oxygens (including phenoxy) is 2. The molecular weight excluding hydrogens is 623 g/mol. The van der Waals surface area contributed by atoms with Crippen LogP contribution in [-0.2, 0) is 11.4 Å². The third-order valence-electron chi connectivity index (χ3n) is 5.09. The van der Waals surface area contributed by atoms with Crippen molar-refractivity contribution in [2.45, 2.75) is 13.5 Å². The van der Waals surface area contributed by atoms with Crippen molar-refractivity contribution < 1.29 is 19.2 Å². The van der Waals surface area contributed by atoms with Gasteiger partial charge in [0.05, 0.1) is 36.6 Å². The number of anilines is 1. The lowest BCUT2D eigenvalue weighted by atomic mass is 10.1. The minimum Gasteiger partial charge on any atom is -0.490 e. The van der Waals surface area contributed by atoms with Gasteiger partial charge in [0.15, 0.2) is 15.8 Å². The van der Waals surface area contributed by atoms with E-state index in [9.17, 15) is 14.9 Å². The number of carbonyl (C=O) groups excluding carboxylic acids is 1. The van der Waals surface area contributed by atoms with Crippen molar-refractivity contribution in [2.24, 2.45) is 0 Å². The Labute approximate surface area is 240 Å². The van der Waals surface area contributed by atoms with E-state index < -0.39 is 4.92 Å². The van der Waals surface area contributed by atoms with Crippen molar-refractivity contribution in [3.63, 3.8) is 0 Å². The summed E-state index contributed by atoms with van der Waals surface area (Å²) in [6.07, 6.45) is 1.69. The first-order chi connectivity index (χ1) is 17.7. The molecule has 3 aromatic carbocycles. The summed E-state index contributed by atoms with van der Waals surface area (Å²) in [7, 11) is 0. The van der Waals surface area contributed by atoms with Gasteiger partial charge in [0.25, 0.3) is 11.6 Å². The van der Waals surface area contributed by atoms with E-state index in [2.05, 4.69) is 15.9 Å². The standard InChI is InChI=1S/C25H17BrCl2N2O5S2/c1-2-34-21-10-15(8-18(26)23(21)35-13-14-6-7-19(27)20(28)9-14)11-22-24(31)29(25(36)37-22)16-4-3-5-17(12-16)30(32)33/h3-12H,2,13H2,1H3/b22-11-. The summed E-state index contributed by atoms with van der Waals surface area (Å²) in [5.41, 5.74) is 1.72. The van der Waals surface area contributed by atoms with Crippen LogP contribution in [0.5, 0.6) is 11.5 Å². The Morgan fingerprint density at radius 3 is 2.62 bits per heavy atom. The van der Waals surface area contributed by atoms with Crippen molar-refractivity contribution in [1.82, 2.24) is 0 Å². The Hall–Kier alpha value is -2.63. The molecule has 1 fully saturated rings. The lowest BCUT2D eigenvalue weighted by molar-refractivity contribution is -0.384. The number of nitrogens with zero attached hydrogens (tertiary/aromatic N) is 2. The van der Waals surface area contributed by atoms with Crippen LogP contribution in [0.15, 0.2) is 64.0 Å². The molecule has 0 radical (unpaired) electrons.